The third-order valence-electron chi connectivity index (χ3n) is 7.26. The van der Waals surface area contributed by atoms with Gasteiger partial charge in [0.2, 0.25) is 5.13 Å². The van der Waals surface area contributed by atoms with Crippen molar-refractivity contribution >= 4 is 44.0 Å². The Morgan fingerprint density at radius 3 is 2.79 bits per heavy atom. The van der Waals surface area contributed by atoms with E-state index in [4.69, 9.17) is 21.1 Å². The van der Waals surface area contributed by atoms with Crippen LogP contribution in [0.15, 0.2) is 41.6 Å². The summed E-state index contributed by atoms with van der Waals surface area (Å²) in [6.07, 6.45) is 4.71. The van der Waals surface area contributed by atoms with Gasteiger partial charge in [0.1, 0.15) is 28.5 Å². The van der Waals surface area contributed by atoms with Crippen molar-refractivity contribution in [1.29, 1.82) is 0 Å². The third kappa shape index (κ3) is 5.27. The Labute approximate surface area is 230 Å². The van der Waals surface area contributed by atoms with E-state index in [-0.39, 0.29) is 16.7 Å². The second kappa shape index (κ2) is 11.2. The first kappa shape index (κ1) is 26.9. The summed E-state index contributed by atoms with van der Waals surface area (Å²) in [5.74, 6) is 0.518. The van der Waals surface area contributed by atoms with Crippen LogP contribution in [0.25, 0.3) is 0 Å². The van der Waals surface area contributed by atoms with Crippen LogP contribution in [0, 0.1) is 11.7 Å². The molecule has 9 nitrogen and oxygen atoms in total. The molecule has 5 rings (SSSR count). The van der Waals surface area contributed by atoms with Crippen LogP contribution in [0.3, 0.4) is 0 Å². The number of anilines is 2. The van der Waals surface area contributed by atoms with Crippen molar-refractivity contribution < 1.29 is 22.3 Å². The highest BCUT2D eigenvalue weighted by atomic mass is 35.5. The Balaban J connectivity index is 1.42. The van der Waals surface area contributed by atoms with Gasteiger partial charge in [0.25, 0.3) is 10.0 Å². The molecule has 1 aromatic heterocycles. The lowest BCUT2D eigenvalue weighted by Gasteiger charge is -2.24. The van der Waals surface area contributed by atoms with Crippen LogP contribution in [-0.2, 0) is 16.6 Å². The average molecular weight is 582 g/mol. The molecule has 38 heavy (non-hydrogen) atoms. The van der Waals surface area contributed by atoms with Crippen molar-refractivity contribution in [1.82, 2.24) is 14.3 Å². The van der Waals surface area contributed by atoms with Crippen LogP contribution in [0.2, 0.25) is 5.02 Å². The largest absolute Gasteiger partial charge is 0.497 e. The van der Waals surface area contributed by atoms with E-state index < -0.39 is 20.7 Å². The minimum Gasteiger partial charge on any atom is -0.497 e. The summed E-state index contributed by atoms with van der Waals surface area (Å²) >= 11 is 7.38. The molecule has 2 aliphatic rings. The Hall–Kier alpha value is -2.67. The molecule has 2 aromatic carbocycles. The topological polar surface area (TPSA) is 96.9 Å². The van der Waals surface area contributed by atoms with Crippen LogP contribution in [0.1, 0.15) is 24.8 Å². The van der Waals surface area contributed by atoms with Gasteiger partial charge in [0, 0.05) is 35.7 Å². The van der Waals surface area contributed by atoms with Crippen molar-refractivity contribution in [3.05, 3.63) is 53.1 Å². The fourth-order valence-corrected chi connectivity index (χ4v) is 7.82. The SMILES string of the molecule is COc1ccc(CN(c2ncns2)S(=O)(=O)c2cc(Cl)c(NC[C@@H]3CCN4CCCC34)cc2F)c(OC)c1. The molecule has 2 aliphatic heterocycles. The average Bonchev–Trinajstić information content (AvgIpc) is 3.67. The number of nitrogens with zero attached hydrogens (tertiary/aromatic N) is 4. The lowest BCUT2D eigenvalue weighted by atomic mass is 9.98. The van der Waals surface area contributed by atoms with Crippen molar-refractivity contribution in [2.75, 3.05) is 43.5 Å². The molecule has 0 aliphatic carbocycles. The fourth-order valence-electron chi connectivity index (χ4n) is 5.32. The molecule has 0 spiro atoms. The van der Waals surface area contributed by atoms with Crippen LogP contribution >= 0.6 is 23.1 Å². The van der Waals surface area contributed by atoms with E-state index in [1.54, 1.807) is 18.2 Å². The number of benzene rings is 2. The standard InChI is InChI=1S/C25H29ClFN5O4S2/c1-35-18-6-5-17(23(10-18)36-2)14-32(25-29-15-30-37-25)38(33,34)24-11-19(26)21(12-20(24)27)28-13-16-7-9-31-8-3-4-22(16)31/h5-6,10-12,15-16,22,28H,3-4,7-9,13-14H2,1-2H3/t16-,22?/m0/s1. The van der Waals surface area contributed by atoms with E-state index >= 15 is 4.39 Å². The van der Waals surface area contributed by atoms with Gasteiger partial charge < -0.3 is 19.7 Å². The summed E-state index contributed by atoms with van der Waals surface area (Å²) in [5, 5.41) is 3.47. The molecule has 0 bridgehead atoms. The van der Waals surface area contributed by atoms with Gasteiger partial charge in [-0.05, 0) is 62.5 Å². The number of aromatic nitrogens is 2. The molecule has 2 saturated heterocycles. The number of ether oxygens (including phenoxy) is 2. The van der Waals surface area contributed by atoms with Crippen molar-refractivity contribution in [2.24, 2.45) is 5.92 Å². The minimum absolute atomic E-state index is 0.0861. The van der Waals surface area contributed by atoms with Crippen LogP contribution in [-0.4, -0.2) is 62.6 Å². The van der Waals surface area contributed by atoms with Crippen LogP contribution in [0.4, 0.5) is 15.2 Å². The van der Waals surface area contributed by atoms with Gasteiger partial charge in [-0.2, -0.15) is 4.37 Å². The highest BCUT2D eigenvalue weighted by Crippen LogP contribution is 2.36. The maximum atomic E-state index is 15.4. The summed E-state index contributed by atoms with van der Waals surface area (Å²) in [6, 6.07) is 7.88. The van der Waals surface area contributed by atoms with Gasteiger partial charge in [-0.3, -0.25) is 0 Å². The fraction of sp³-hybridized carbons (Fsp3) is 0.440. The first-order valence-electron chi connectivity index (χ1n) is 12.3. The molecular weight excluding hydrogens is 553 g/mol. The number of sulfonamides is 1. The van der Waals surface area contributed by atoms with E-state index in [1.807, 2.05) is 0 Å². The number of halogens is 2. The molecule has 0 amide bonds. The minimum atomic E-state index is -4.41. The molecule has 1 unspecified atom stereocenters. The predicted molar refractivity (Wildman–Crippen MR) is 145 cm³/mol. The van der Waals surface area contributed by atoms with Gasteiger partial charge in [0.05, 0.1) is 31.5 Å². The molecule has 3 heterocycles. The maximum absolute atomic E-state index is 15.4. The van der Waals surface area contributed by atoms with Gasteiger partial charge >= 0.3 is 0 Å². The van der Waals surface area contributed by atoms with Crippen LogP contribution < -0.4 is 19.1 Å². The van der Waals surface area contributed by atoms with E-state index in [1.165, 1.54) is 33.4 Å². The van der Waals surface area contributed by atoms with Crippen molar-refractivity contribution in [3.8, 4) is 11.5 Å². The van der Waals surface area contributed by atoms with Gasteiger partial charge in [0.15, 0.2) is 0 Å². The summed E-state index contributed by atoms with van der Waals surface area (Å²) in [4.78, 5) is 6.04. The van der Waals surface area contributed by atoms with E-state index in [9.17, 15) is 8.42 Å². The number of fused-ring (bicyclic) bond motifs is 1. The van der Waals surface area contributed by atoms with Crippen LogP contribution in [0.5, 0.6) is 11.5 Å². The molecule has 0 radical (unpaired) electrons. The number of methoxy groups -OCH3 is 2. The predicted octanol–water partition coefficient (Wildman–Crippen LogP) is 4.64. The number of hydrogen-bond donors (Lipinski definition) is 1. The monoisotopic (exact) mass is 581 g/mol. The van der Waals surface area contributed by atoms with Crippen molar-refractivity contribution in [3.63, 3.8) is 0 Å². The summed E-state index contributed by atoms with van der Waals surface area (Å²) in [6.45, 7) is 2.70. The summed E-state index contributed by atoms with van der Waals surface area (Å²) in [7, 11) is -1.42. The molecule has 2 atom stereocenters. The third-order valence-corrected chi connectivity index (χ3v) is 10.1. The molecule has 1 N–H and O–H groups in total. The zero-order chi connectivity index (χ0) is 26.9. The highest BCUT2D eigenvalue weighted by molar-refractivity contribution is 7.93. The van der Waals surface area contributed by atoms with Crippen molar-refractivity contribution in [2.45, 2.75) is 36.7 Å². The second-order valence-electron chi connectivity index (χ2n) is 9.35. The maximum Gasteiger partial charge on any atom is 0.269 e. The summed E-state index contributed by atoms with van der Waals surface area (Å²) in [5.41, 5.74) is 0.910. The zero-order valence-corrected chi connectivity index (χ0v) is 23.5. The lowest BCUT2D eigenvalue weighted by Crippen LogP contribution is -2.31. The normalized spacial score (nSPS) is 19.4. The number of rotatable bonds is 10. The highest BCUT2D eigenvalue weighted by Gasteiger charge is 2.37. The second-order valence-corrected chi connectivity index (χ2v) is 12.3. The Bertz CT molecular complexity index is 1390. The van der Waals surface area contributed by atoms with E-state index in [0.717, 1.165) is 47.5 Å². The Morgan fingerprint density at radius 1 is 1.21 bits per heavy atom. The smallest absolute Gasteiger partial charge is 0.269 e. The molecular formula is C25H29ClFN5O4S2. The molecule has 3 aromatic rings. The van der Waals surface area contributed by atoms with Gasteiger partial charge in [-0.25, -0.2) is 22.1 Å². The number of nitrogens with one attached hydrogen (secondary N) is 1. The van der Waals surface area contributed by atoms with E-state index in [0.29, 0.717) is 41.3 Å². The van der Waals surface area contributed by atoms with Gasteiger partial charge in [-0.1, -0.05) is 11.6 Å². The molecule has 0 saturated carbocycles. The first-order chi connectivity index (χ1) is 18.3. The van der Waals surface area contributed by atoms with E-state index in [2.05, 4.69) is 19.6 Å². The molecule has 204 valence electrons. The molecule has 2 fully saturated rings. The summed E-state index contributed by atoms with van der Waals surface area (Å²) < 4.78 is 58.7. The molecule has 13 heteroatoms. The first-order valence-corrected chi connectivity index (χ1v) is 14.9. The van der Waals surface area contributed by atoms with Gasteiger partial charge in [-0.15, -0.1) is 0 Å². The zero-order valence-electron chi connectivity index (χ0n) is 21.1. The Morgan fingerprint density at radius 2 is 2.05 bits per heavy atom. The Kier molecular flexibility index (Phi) is 7.94. The number of hydrogen-bond acceptors (Lipinski definition) is 9. The lowest BCUT2D eigenvalue weighted by molar-refractivity contribution is 0.295. The quantitative estimate of drug-likeness (QED) is 0.370.